The van der Waals surface area contributed by atoms with E-state index in [9.17, 15) is 9.59 Å². The Morgan fingerprint density at radius 1 is 1.25 bits per heavy atom. The molecule has 0 aliphatic carbocycles. The van der Waals surface area contributed by atoms with Gasteiger partial charge in [-0.3, -0.25) is 4.79 Å². The van der Waals surface area contributed by atoms with Crippen molar-refractivity contribution in [1.29, 1.82) is 0 Å². The Kier molecular flexibility index (Phi) is 4.63. The van der Waals surface area contributed by atoms with Gasteiger partial charge in [-0.15, -0.1) is 0 Å². The second kappa shape index (κ2) is 5.69. The molecule has 0 saturated heterocycles. The molecular formula is C15H24N2O3. The van der Waals surface area contributed by atoms with Crippen molar-refractivity contribution in [1.82, 2.24) is 9.88 Å². The molecule has 5 heteroatoms. The summed E-state index contributed by atoms with van der Waals surface area (Å²) in [7, 11) is 0. The van der Waals surface area contributed by atoms with Crippen molar-refractivity contribution in [2.45, 2.75) is 53.1 Å². The Balaban J connectivity index is 2.68. The lowest BCUT2D eigenvalue weighted by molar-refractivity contribution is -0.123. The van der Waals surface area contributed by atoms with Crippen LogP contribution < -0.4 is 5.32 Å². The van der Waals surface area contributed by atoms with Crippen LogP contribution in [0.3, 0.4) is 0 Å². The molecule has 0 aliphatic rings. The second-order valence-electron chi connectivity index (χ2n) is 7.00. The van der Waals surface area contributed by atoms with E-state index >= 15 is 0 Å². The fourth-order valence-corrected chi connectivity index (χ4v) is 2.69. The lowest BCUT2D eigenvalue weighted by Gasteiger charge is -2.33. The standard InChI is InChI=1S/C15H24N2O3/c1-14(2,3)10-15(4,5)16-12(18)9-17-8-6-7-11(17)13(19)20/h6-8H,9-10H2,1-5H3,(H,16,18)(H,19,20). The predicted molar refractivity (Wildman–Crippen MR) is 77.7 cm³/mol. The highest BCUT2D eigenvalue weighted by atomic mass is 16.4. The summed E-state index contributed by atoms with van der Waals surface area (Å²) < 4.78 is 1.44. The number of hydrogen-bond acceptors (Lipinski definition) is 2. The van der Waals surface area contributed by atoms with Gasteiger partial charge in [0.1, 0.15) is 12.2 Å². The summed E-state index contributed by atoms with van der Waals surface area (Å²) in [5.41, 5.74) is -0.101. The molecule has 112 valence electrons. The lowest BCUT2D eigenvalue weighted by atomic mass is 9.82. The average molecular weight is 280 g/mol. The van der Waals surface area contributed by atoms with E-state index in [1.165, 1.54) is 10.6 Å². The zero-order valence-electron chi connectivity index (χ0n) is 12.9. The van der Waals surface area contributed by atoms with Crippen LogP contribution in [0.15, 0.2) is 18.3 Å². The van der Waals surface area contributed by atoms with E-state index in [1.807, 2.05) is 13.8 Å². The first-order chi connectivity index (χ1) is 9.00. The van der Waals surface area contributed by atoms with Gasteiger partial charge >= 0.3 is 5.97 Å². The Morgan fingerprint density at radius 3 is 2.35 bits per heavy atom. The summed E-state index contributed by atoms with van der Waals surface area (Å²) in [5.74, 6) is -1.21. The third-order valence-electron chi connectivity index (χ3n) is 2.81. The maximum atomic E-state index is 12.1. The molecule has 0 unspecified atom stereocenters. The summed E-state index contributed by atoms with van der Waals surface area (Å²) in [6.45, 7) is 10.3. The highest BCUT2D eigenvalue weighted by Crippen LogP contribution is 2.26. The fraction of sp³-hybridized carbons (Fsp3) is 0.600. The molecule has 1 aromatic rings. The number of nitrogens with one attached hydrogen (secondary N) is 1. The lowest BCUT2D eigenvalue weighted by Crippen LogP contribution is -2.47. The molecule has 20 heavy (non-hydrogen) atoms. The number of amides is 1. The molecule has 0 atom stereocenters. The molecule has 0 spiro atoms. The van der Waals surface area contributed by atoms with Gasteiger partial charge in [-0.2, -0.15) is 0 Å². The van der Waals surface area contributed by atoms with Crippen molar-refractivity contribution >= 4 is 11.9 Å². The molecule has 0 aromatic carbocycles. The van der Waals surface area contributed by atoms with E-state index in [4.69, 9.17) is 5.11 Å². The number of carbonyl (C=O) groups excluding carboxylic acids is 1. The summed E-state index contributed by atoms with van der Waals surface area (Å²) in [6.07, 6.45) is 2.43. The maximum Gasteiger partial charge on any atom is 0.352 e. The van der Waals surface area contributed by atoms with Gasteiger partial charge in [-0.25, -0.2) is 4.79 Å². The third kappa shape index (κ3) is 5.07. The van der Waals surface area contributed by atoms with Crippen LogP contribution in [0, 0.1) is 5.41 Å². The Bertz CT molecular complexity index is 495. The maximum absolute atomic E-state index is 12.1. The van der Waals surface area contributed by atoms with Gasteiger partial charge in [-0.1, -0.05) is 20.8 Å². The molecule has 1 amide bonds. The van der Waals surface area contributed by atoms with Crippen molar-refractivity contribution in [3.05, 3.63) is 24.0 Å². The molecule has 0 aliphatic heterocycles. The summed E-state index contributed by atoms with van der Waals surface area (Å²) in [4.78, 5) is 23.0. The van der Waals surface area contributed by atoms with Gasteiger partial charge in [0.2, 0.25) is 5.91 Å². The van der Waals surface area contributed by atoms with Crippen LogP contribution in [0.5, 0.6) is 0 Å². The van der Waals surface area contributed by atoms with Gasteiger partial charge in [0.25, 0.3) is 0 Å². The van der Waals surface area contributed by atoms with Crippen molar-refractivity contribution in [2.75, 3.05) is 0 Å². The van der Waals surface area contributed by atoms with Crippen LogP contribution in [0.4, 0.5) is 0 Å². The van der Waals surface area contributed by atoms with Crippen LogP contribution in [-0.4, -0.2) is 27.1 Å². The van der Waals surface area contributed by atoms with Crippen LogP contribution in [-0.2, 0) is 11.3 Å². The minimum absolute atomic E-state index is 0.0161. The number of carboxylic acid groups (broad SMARTS) is 1. The zero-order chi connectivity index (χ0) is 15.6. The monoisotopic (exact) mass is 280 g/mol. The highest BCUT2D eigenvalue weighted by molar-refractivity contribution is 5.87. The molecule has 0 saturated carbocycles. The molecule has 0 radical (unpaired) electrons. The molecule has 1 aromatic heterocycles. The van der Waals surface area contributed by atoms with Crippen LogP contribution in [0.2, 0.25) is 0 Å². The number of aromatic nitrogens is 1. The number of carbonyl (C=O) groups is 2. The SMILES string of the molecule is CC(C)(C)CC(C)(C)NC(=O)Cn1cccc1C(=O)O. The third-order valence-corrected chi connectivity index (χ3v) is 2.81. The average Bonchev–Trinajstić information content (AvgIpc) is 2.59. The van der Waals surface area contributed by atoms with Gasteiger partial charge in [0.15, 0.2) is 0 Å². The summed E-state index contributed by atoms with van der Waals surface area (Å²) in [5, 5.41) is 12.0. The largest absolute Gasteiger partial charge is 0.477 e. The molecule has 5 nitrogen and oxygen atoms in total. The van der Waals surface area contributed by atoms with Crippen LogP contribution in [0.1, 0.15) is 51.5 Å². The summed E-state index contributed by atoms with van der Waals surface area (Å²) >= 11 is 0. The summed E-state index contributed by atoms with van der Waals surface area (Å²) in [6, 6.07) is 3.10. The molecule has 2 N–H and O–H groups in total. The first kappa shape index (κ1) is 16.3. The van der Waals surface area contributed by atoms with Gasteiger partial charge in [0.05, 0.1) is 0 Å². The Morgan fingerprint density at radius 2 is 1.85 bits per heavy atom. The van der Waals surface area contributed by atoms with Crippen molar-refractivity contribution in [3.63, 3.8) is 0 Å². The normalized spacial score (nSPS) is 12.2. The van der Waals surface area contributed by atoms with Crippen molar-refractivity contribution in [2.24, 2.45) is 5.41 Å². The topological polar surface area (TPSA) is 71.3 Å². The quantitative estimate of drug-likeness (QED) is 0.870. The van der Waals surface area contributed by atoms with E-state index in [1.54, 1.807) is 12.3 Å². The van der Waals surface area contributed by atoms with Crippen LogP contribution in [0.25, 0.3) is 0 Å². The molecule has 0 fully saturated rings. The molecule has 1 rings (SSSR count). The van der Waals surface area contributed by atoms with E-state index in [0.717, 1.165) is 6.42 Å². The van der Waals surface area contributed by atoms with Crippen molar-refractivity contribution in [3.8, 4) is 0 Å². The minimum atomic E-state index is -1.03. The van der Waals surface area contributed by atoms with E-state index in [0.29, 0.717) is 0 Å². The Hall–Kier alpha value is -1.78. The van der Waals surface area contributed by atoms with E-state index in [2.05, 4.69) is 26.1 Å². The van der Waals surface area contributed by atoms with Crippen LogP contribution >= 0.6 is 0 Å². The Labute approximate surface area is 120 Å². The number of hydrogen-bond donors (Lipinski definition) is 2. The molecule has 1 heterocycles. The zero-order valence-corrected chi connectivity index (χ0v) is 12.9. The fourth-order valence-electron chi connectivity index (χ4n) is 2.69. The minimum Gasteiger partial charge on any atom is -0.477 e. The van der Waals surface area contributed by atoms with Gasteiger partial charge in [0, 0.05) is 11.7 Å². The number of rotatable bonds is 5. The molecular weight excluding hydrogens is 256 g/mol. The number of carboxylic acids is 1. The molecule has 0 bridgehead atoms. The second-order valence-corrected chi connectivity index (χ2v) is 7.00. The first-order valence-corrected chi connectivity index (χ1v) is 6.70. The van der Waals surface area contributed by atoms with Gasteiger partial charge in [-0.05, 0) is 37.8 Å². The van der Waals surface area contributed by atoms with Gasteiger partial charge < -0.3 is 15.0 Å². The van der Waals surface area contributed by atoms with Crippen molar-refractivity contribution < 1.29 is 14.7 Å². The number of nitrogens with zero attached hydrogens (tertiary/aromatic N) is 1. The highest BCUT2D eigenvalue weighted by Gasteiger charge is 2.27. The smallest absolute Gasteiger partial charge is 0.352 e. The number of aromatic carboxylic acids is 1. The predicted octanol–water partition coefficient (Wildman–Crippen LogP) is 2.52. The van der Waals surface area contributed by atoms with E-state index in [-0.39, 0.29) is 29.1 Å². The van der Waals surface area contributed by atoms with E-state index < -0.39 is 5.97 Å². The first-order valence-electron chi connectivity index (χ1n) is 6.70.